The van der Waals surface area contributed by atoms with Crippen LogP contribution >= 0.6 is 0 Å². The smallest absolute Gasteiger partial charge is 0.0112 e. The van der Waals surface area contributed by atoms with Crippen molar-refractivity contribution in [2.24, 2.45) is 16.7 Å². The molecule has 0 aromatic rings. The first-order valence-corrected chi connectivity index (χ1v) is 8.50. The molecular weight excluding hydrogens is 244 g/mol. The fourth-order valence-electron chi connectivity index (χ4n) is 3.65. The molecule has 1 N–H and O–H groups in total. The van der Waals surface area contributed by atoms with Crippen molar-refractivity contribution in [2.75, 3.05) is 20.1 Å². The van der Waals surface area contributed by atoms with Gasteiger partial charge in [0.25, 0.3) is 0 Å². The highest BCUT2D eigenvalue weighted by molar-refractivity contribution is 4.91. The first kappa shape index (κ1) is 18.0. The van der Waals surface area contributed by atoms with Crippen molar-refractivity contribution in [1.29, 1.82) is 0 Å². The van der Waals surface area contributed by atoms with Gasteiger partial charge in [0.05, 0.1) is 0 Å². The molecule has 0 spiro atoms. The highest BCUT2D eigenvalue weighted by Gasteiger charge is 2.36. The second kappa shape index (κ2) is 6.79. The van der Waals surface area contributed by atoms with E-state index in [9.17, 15) is 0 Å². The zero-order valence-corrected chi connectivity index (χ0v) is 15.2. The summed E-state index contributed by atoms with van der Waals surface area (Å²) in [6, 6.07) is 1.33. The summed E-state index contributed by atoms with van der Waals surface area (Å²) in [5.74, 6) is 0.786. The normalized spacial score (nSPS) is 28.6. The predicted octanol–water partition coefficient (Wildman–Crippen LogP) is 4.16. The van der Waals surface area contributed by atoms with Crippen LogP contribution in [-0.4, -0.2) is 37.1 Å². The summed E-state index contributed by atoms with van der Waals surface area (Å²) in [5.41, 5.74) is 0.870. The maximum atomic E-state index is 3.73. The molecule has 0 aliphatic heterocycles. The van der Waals surface area contributed by atoms with E-state index in [1.807, 2.05) is 0 Å². The number of hydrogen-bond donors (Lipinski definition) is 1. The van der Waals surface area contributed by atoms with Crippen LogP contribution in [0.3, 0.4) is 0 Å². The van der Waals surface area contributed by atoms with Gasteiger partial charge in [-0.1, -0.05) is 41.5 Å². The van der Waals surface area contributed by atoms with Crippen LogP contribution in [0.4, 0.5) is 0 Å². The quantitative estimate of drug-likeness (QED) is 0.814. The van der Waals surface area contributed by atoms with E-state index in [1.54, 1.807) is 0 Å². The predicted molar refractivity (Wildman–Crippen MR) is 90.1 cm³/mol. The molecule has 0 heterocycles. The molecule has 1 fully saturated rings. The van der Waals surface area contributed by atoms with Gasteiger partial charge in [-0.15, -0.1) is 0 Å². The van der Waals surface area contributed by atoms with Gasteiger partial charge in [0.2, 0.25) is 0 Å². The second-order valence-corrected chi connectivity index (χ2v) is 8.81. The van der Waals surface area contributed by atoms with Gasteiger partial charge in [0, 0.05) is 18.6 Å². The average molecular weight is 283 g/mol. The van der Waals surface area contributed by atoms with Gasteiger partial charge in [0.15, 0.2) is 0 Å². The summed E-state index contributed by atoms with van der Waals surface area (Å²) in [6.45, 7) is 18.8. The number of rotatable bonds is 5. The Balaban J connectivity index is 2.69. The van der Waals surface area contributed by atoms with Gasteiger partial charge in [-0.2, -0.15) is 0 Å². The fourth-order valence-corrected chi connectivity index (χ4v) is 3.65. The Morgan fingerprint density at radius 1 is 1.30 bits per heavy atom. The highest BCUT2D eigenvalue weighted by Crippen LogP contribution is 2.39. The maximum absolute atomic E-state index is 3.73. The van der Waals surface area contributed by atoms with Gasteiger partial charge in [-0.05, 0) is 56.5 Å². The summed E-state index contributed by atoms with van der Waals surface area (Å²) < 4.78 is 0. The minimum atomic E-state index is 0.354. The van der Waals surface area contributed by atoms with E-state index < -0.39 is 0 Å². The van der Waals surface area contributed by atoms with Crippen molar-refractivity contribution in [3.05, 3.63) is 0 Å². The Bertz CT molecular complexity index is 290. The lowest BCUT2D eigenvalue weighted by atomic mass is 9.69. The van der Waals surface area contributed by atoms with Crippen molar-refractivity contribution < 1.29 is 0 Å². The molecule has 0 saturated heterocycles. The average Bonchev–Trinajstić information content (AvgIpc) is 2.30. The summed E-state index contributed by atoms with van der Waals surface area (Å²) in [4.78, 5) is 2.58. The molecule has 0 radical (unpaired) electrons. The molecule has 20 heavy (non-hydrogen) atoms. The maximum Gasteiger partial charge on any atom is 0.0112 e. The van der Waals surface area contributed by atoms with Gasteiger partial charge >= 0.3 is 0 Å². The van der Waals surface area contributed by atoms with Gasteiger partial charge in [0.1, 0.15) is 0 Å². The lowest BCUT2D eigenvalue weighted by Gasteiger charge is -2.45. The SMILES string of the molecule is CCNC1CCC(C)(C)CC1CN(C)C(C)C(C)(C)C. The fraction of sp³-hybridized carbons (Fsp3) is 1.00. The van der Waals surface area contributed by atoms with Gasteiger partial charge < -0.3 is 10.2 Å². The van der Waals surface area contributed by atoms with Crippen molar-refractivity contribution in [1.82, 2.24) is 10.2 Å². The molecule has 120 valence electrons. The summed E-state index contributed by atoms with van der Waals surface area (Å²) in [6.07, 6.45) is 4.05. The Kier molecular flexibility index (Phi) is 6.10. The topological polar surface area (TPSA) is 15.3 Å². The Morgan fingerprint density at radius 3 is 2.40 bits per heavy atom. The number of hydrogen-bond acceptors (Lipinski definition) is 2. The zero-order chi connectivity index (χ0) is 15.6. The second-order valence-electron chi connectivity index (χ2n) is 8.81. The lowest BCUT2D eigenvalue weighted by Crippen LogP contribution is -2.50. The van der Waals surface area contributed by atoms with Crippen LogP contribution < -0.4 is 5.32 Å². The molecule has 1 saturated carbocycles. The third-order valence-corrected chi connectivity index (χ3v) is 5.42. The van der Waals surface area contributed by atoms with E-state index in [0.29, 0.717) is 22.9 Å². The van der Waals surface area contributed by atoms with Crippen molar-refractivity contribution in [3.63, 3.8) is 0 Å². The van der Waals surface area contributed by atoms with Crippen LogP contribution in [0.1, 0.15) is 67.7 Å². The third-order valence-electron chi connectivity index (χ3n) is 5.42. The molecule has 1 rings (SSSR count). The molecule has 0 bridgehead atoms. The van der Waals surface area contributed by atoms with Crippen molar-refractivity contribution in [3.8, 4) is 0 Å². The lowest BCUT2D eigenvalue weighted by molar-refractivity contribution is 0.0694. The Hall–Kier alpha value is -0.0800. The van der Waals surface area contributed by atoms with E-state index in [-0.39, 0.29) is 0 Å². The zero-order valence-electron chi connectivity index (χ0n) is 15.2. The number of nitrogens with zero attached hydrogens (tertiary/aromatic N) is 1. The molecular formula is C18H38N2. The Morgan fingerprint density at radius 2 is 1.90 bits per heavy atom. The monoisotopic (exact) mass is 282 g/mol. The molecule has 2 nitrogen and oxygen atoms in total. The molecule has 0 aromatic heterocycles. The van der Waals surface area contributed by atoms with Crippen LogP contribution in [-0.2, 0) is 0 Å². The van der Waals surface area contributed by atoms with Crippen LogP contribution in [0.2, 0.25) is 0 Å². The van der Waals surface area contributed by atoms with E-state index in [1.165, 1.54) is 25.8 Å². The molecule has 2 heteroatoms. The van der Waals surface area contributed by atoms with Crippen LogP contribution in [0.25, 0.3) is 0 Å². The minimum absolute atomic E-state index is 0.354. The highest BCUT2D eigenvalue weighted by atomic mass is 15.1. The minimum Gasteiger partial charge on any atom is -0.314 e. The molecule has 1 aliphatic rings. The van der Waals surface area contributed by atoms with Gasteiger partial charge in [-0.25, -0.2) is 0 Å². The van der Waals surface area contributed by atoms with E-state index in [0.717, 1.165) is 12.5 Å². The standard InChI is InChI=1S/C18H38N2/c1-9-19-16-10-11-18(6,7)12-15(16)13-20(8)14(2)17(3,4)5/h14-16,19H,9-13H2,1-8H3. The summed E-state index contributed by atoms with van der Waals surface area (Å²) in [7, 11) is 2.31. The van der Waals surface area contributed by atoms with Crippen molar-refractivity contribution >= 4 is 0 Å². The molecule has 0 aromatic carbocycles. The largest absolute Gasteiger partial charge is 0.314 e. The van der Waals surface area contributed by atoms with E-state index in [4.69, 9.17) is 0 Å². The first-order chi connectivity index (χ1) is 9.07. The van der Waals surface area contributed by atoms with Crippen LogP contribution in [0.15, 0.2) is 0 Å². The molecule has 1 aliphatic carbocycles. The van der Waals surface area contributed by atoms with Gasteiger partial charge in [-0.3, -0.25) is 0 Å². The van der Waals surface area contributed by atoms with Crippen LogP contribution in [0.5, 0.6) is 0 Å². The van der Waals surface area contributed by atoms with Crippen LogP contribution in [0, 0.1) is 16.7 Å². The summed E-state index contributed by atoms with van der Waals surface area (Å²) in [5, 5.41) is 3.73. The molecule has 3 atom stereocenters. The molecule has 0 amide bonds. The molecule has 3 unspecified atom stereocenters. The third kappa shape index (κ3) is 5.04. The van der Waals surface area contributed by atoms with E-state index in [2.05, 4.69) is 65.7 Å². The van der Waals surface area contributed by atoms with E-state index >= 15 is 0 Å². The Labute approximate surface area is 127 Å². The number of nitrogens with one attached hydrogen (secondary N) is 1. The first-order valence-electron chi connectivity index (χ1n) is 8.50. The van der Waals surface area contributed by atoms with Crippen molar-refractivity contribution in [2.45, 2.75) is 79.8 Å². The summed E-state index contributed by atoms with van der Waals surface area (Å²) >= 11 is 0.